The largest absolute Gasteiger partial charge is 0.336 e. The van der Waals surface area contributed by atoms with Crippen LogP contribution in [-0.4, -0.2) is 43.1 Å². The highest BCUT2D eigenvalue weighted by molar-refractivity contribution is 5.94. The summed E-state index contributed by atoms with van der Waals surface area (Å²) in [5, 5.41) is 6.84. The fraction of sp³-hybridized carbons (Fsp3) is 0.261. The van der Waals surface area contributed by atoms with E-state index in [4.69, 9.17) is 0 Å². The summed E-state index contributed by atoms with van der Waals surface area (Å²) >= 11 is 0. The van der Waals surface area contributed by atoms with Crippen molar-refractivity contribution in [3.05, 3.63) is 72.6 Å². The van der Waals surface area contributed by atoms with Gasteiger partial charge in [0, 0.05) is 36.5 Å². The molecule has 0 aliphatic carbocycles. The van der Waals surface area contributed by atoms with E-state index in [1.807, 2.05) is 17.4 Å². The van der Waals surface area contributed by atoms with Crippen LogP contribution < -0.4 is 0 Å². The Labute approximate surface area is 173 Å². The second-order valence-electron chi connectivity index (χ2n) is 8.00. The van der Waals surface area contributed by atoms with Crippen LogP contribution in [0.1, 0.15) is 23.7 Å². The van der Waals surface area contributed by atoms with Gasteiger partial charge in [0.1, 0.15) is 5.82 Å². The lowest BCUT2D eigenvalue weighted by atomic mass is 10.1. The summed E-state index contributed by atoms with van der Waals surface area (Å²) in [4.78, 5) is 19.3. The molecule has 7 heteroatoms. The number of imidazole rings is 1. The van der Waals surface area contributed by atoms with Crippen LogP contribution in [0.2, 0.25) is 0 Å². The molecule has 5 rings (SSSR count). The Kier molecular flexibility index (Phi) is 4.58. The zero-order chi connectivity index (χ0) is 20.7. The van der Waals surface area contributed by atoms with Gasteiger partial charge in [-0.3, -0.25) is 9.89 Å². The smallest absolute Gasteiger partial charge is 0.254 e. The zero-order valence-electron chi connectivity index (χ0n) is 16.6. The number of aromatic nitrogens is 4. The maximum absolute atomic E-state index is 13.2. The molecule has 1 aliphatic rings. The number of hydrogen-bond donors (Lipinski definition) is 1. The van der Waals surface area contributed by atoms with Crippen molar-refractivity contribution >= 4 is 16.9 Å². The van der Waals surface area contributed by atoms with Crippen LogP contribution in [0.5, 0.6) is 0 Å². The van der Waals surface area contributed by atoms with Crippen molar-refractivity contribution in [3.63, 3.8) is 0 Å². The van der Waals surface area contributed by atoms with E-state index in [-0.39, 0.29) is 17.8 Å². The summed E-state index contributed by atoms with van der Waals surface area (Å²) in [7, 11) is 0. The Morgan fingerprint density at radius 1 is 1.20 bits per heavy atom. The fourth-order valence-electron chi connectivity index (χ4n) is 4.39. The van der Waals surface area contributed by atoms with E-state index in [1.54, 1.807) is 18.3 Å². The fourth-order valence-corrected chi connectivity index (χ4v) is 4.39. The van der Waals surface area contributed by atoms with Gasteiger partial charge in [-0.1, -0.05) is 6.07 Å². The molecular weight excluding hydrogens is 381 g/mol. The van der Waals surface area contributed by atoms with Crippen LogP contribution in [-0.2, 0) is 6.54 Å². The van der Waals surface area contributed by atoms with Crippen molar-refractivity contribution in [2.24, 2.45) is 5.92 Å². The molecule has 0 spiro atoms. The van der Waals surface area contributed by atoms with E-state index in [0.717, 1.165) is 35.1 Å². The lowest BCUT2D eigenvalue weighted by Gasteiger charge is -2.21. The van der Waals surface area contributed by atoms with E-state index in [9.17, 15) is 9.18 Å². The van der Waals surface area contributed by atoms with Crippen LogP contribution in [0.3, 0.4) is 0 Å². The molecule has 2 atom stereocenters. The molecule has 2 aromatic heterocycles. The predicted molar refractivity (Wildman–Crippen MR) is 112 cm³/mol. The minimum Gasteiger partial charge on any atom is -0.336 e. The Bertz CT molecular complexity index is 1180. The van der Waals surface area contributed by atoms with Gasteiger partial charge >= 0.3 is 0 Å². The number of hydrogen-bond acceptors (Lipinski definition) is 3. The SMILES string of the molecule is C[C@H]1C[C@H](Cn2cnc3cc(-c4cn[nH]c4)ccc32)CN1C(=O)c1ccc(F)cc1. The first kappa shape index (κ1) is 18.5. The van der Waals surface area contributed by atoms with Gasteiger partial charge in [0.15, 0.2) is 0 Å². The molecular formula is C23H22FN5O. The van der Waals surface area contributed by atoms with Crippen molar-refractivity contribution in [1.82, 2.24) is 24.6 Å². The zero-order valence-corrected chi connectivity index (χ0v) is 16.6. The van der Waals surface area contributed by atoms with Crippen LogP contribution in [0, 0.1) is 11.7 Å². The lowest BCUT2D eigenvalue weighted by molar-refractivity contribution is 0.0742. The highest BCUT2D eigenvalue weighted by Gasteiger charge is 2.33. The first-order valence-corrected chi connectivity index (χ1v) is 10.1. The van der Waals surface area contributed by atoms with Crippen molar-refractivity contribution in [2.45, 2.75) is 25.9 Å². The quantitative estimate of drug-likeness (QED) is 0.557. The second kappa shape index (κ2) is 7.40. The number of fused-ring (bicyclic) bond motifs is 1. The van der Waals surface area contributed by atoms with E-state index < -0.39 is 0 Å². The molecule has 1 aliphatic heterocycles. The Morgan fingerprint density at radius 2 is 2.03 bits per heavy atom. The first-order chi connectivity index (χ1) is 14.6. The van der Waals surface area contributed by atoms with Crippen molar-refractivity contribution < 1.29 is 9.18 Å². The van der Waals surface area contributed by atoms with Crippen LogP contribution >= 0.6 is 0 Å². The molecule has 0 saturated carbocycles. The summed E-state index contributed by atoms with van der Waals surface area (Å²) in [6, 6.07) is 12.2. The highest BCUT2D eigenvalue weighted by atomic mass is 19.1. The molecule has 0 bridgehead atoms. The maximum Gasteiger partial charge on any atom is 0.254 e. The van der Waals surface area contributed by atoms with E-state index >= 15 is 0 Å². The van der Waals surface area contributed by atoms with E-state index in [2.05, 4.69) is 44.9 Å². The molecule has 1 amide bonds. The van der Waals surface area contributed by atoms with Gasteiger partial charge in [0.25, 0.3) is 5.91 Å². The van der Waals surface area contributed by atoms with E-state index in [0.29, 0.717) is 18.0 Å². The number of benzene rings is 2. The van der Waals surface area contributed by atoms with Gasteiger partial charge in [-0.15, -0.1) is 0 Å². The molecule has 2 aromatic carbocycles. The van der Waals surface area contributed by atoms with Crippen LogP contribution in [0.4, 0.5) is 4.39 Å². The van der Waals surface area contributed by atoms with Gasteiger partial charge in [-0.25, -0.2) is 9.37 Å². The molecule has 3 heterocycles. The number of halogens is 1. The minimum absolute atomic E-state index is 0.0368. The number of amides is 1. The average molecular weight is 403 g/mol. The number of aromatic amines is 1. The summed E-state index contributed by atoms with van der Waals surface area (Å²) in [6.45, 7) is 3.56. The van der Waals surface area contributed by atoms with Gasteiger partial charge in [0.2, 0.25) is 0 Å². The summed E-state index contributed by atoms with van der Waals surface area (Å²) in [5.74, 6) is -0.0256. The molecule has 0 unspecified atom stereocenters. The Hall–Kier alpha value is -3.48. The maximum atomic E-state index is 13.2. The van der Waals surface area contributed by atoms with Crippen molar-refractivity contribution in [1.29, 1.82) is 0 Å². The summed E-state index contributed by atoms with van der Waals surface area (Å²) in [6.07, 6.45) is 6.47. The van der Waals surface area contributed by atoms with Gasteiger partial charge in [0.05, 0.1) is 23.6 Å². The molecule has 30 heavy (non-hydrogen) atoms. The number of carbonyl (C=O) groups excluding carboxylic acids is 1. The Balaban J connectivity index is 1.32. The Morgan fingerprint density at radius 3 is 2.80 bits per heavy atom. The third-order valence-electron chi connectivity index (χ3n) is 5.92. The number of carbonyl (C=O) groups is 1. The second-order valence-corrected chi connectivity index (χ2v) is 8.00. The standard InChI is InChI=1S/C23H22FN5O/c1-15-8-16(13-29(15)23(30)17-2-5-20(24)6-3-17)12-28-14-25-21-9-18(4-7-22(21)28)19-10-26-27-11-19/h2-7,9-11,14-16H,8,12-13H2,1H3,(H,26,27)/t15-,16+/m0/s1. The number of rotatable bonds is 4. The topological polar surface area (TPSA) is 66.8 Å². The lowest BCUT2D eigenvalue weighted by Crippen LogP contribution is -2.34. The van der Waals surface area contributed by atoms with Crippen LogP contribution in [0.15, 0.2) is 61.2 Å². The molecule has 0 radical (unpaired) electrons. The molecule has 1 fully saturated rings. The first-order valence-electron chi connectivity index (χ1n) is 10.1. The third-order valence-corrected chi connectivity index (χ3v) is 5.92. The predicted octanol–water partition coefficient (Wildman–Crippen LogP) is 4.12. The average Bonchev–Trinajstić information content (AvgIpc) is 3.49. The van der Waals surface area contributed by atoms with Crippen LogP contribution in [0.25, 0.3) is 22.2 Å². The van der Waals surface area contributed by atoms with Crippen molar-refractivity contribution in [2.75, 3.05) is 6.54 Å². The molecule has 4 aromatic rings. The van der Waals surface area contributed by atoms with Gasteiger partial charge < -0.3 is 9.47 Å². The highest BCUT2D eigenvalue weighted by Crippen LogP contribution is 2.28. The number of nitrogens with zero attached hydrogens (tertiary/aromatic N) is 4. The summed E-state index contributed by atoms with van der Waals surface area (Å²) < 4.78 is 15.3. The summed E-state index contributed by atoms with van der Waals surface area (Å²) in [5.41, 5.74) is 4.67. The monoisotopic (exact) mass is 403 g/mol. The number of H-pyrrole nitrogens is 1. The van der Waals surface area contributed by atoms with Gasteiger partial charge in [-0.05, 0) is 61.2 Å². The number of nitrogens with one attached hydrogen (secondary N) is 1. The third kappa shape index (κ3) is 3.36. The van der Waals surface area contributed by atoms with Crippen molar-refractivity contribution in [3.8, 4) is 11.1 Å². The molecule has 1 saturated heterocycles. The van der Waals surface area contributed by atoms with E-state index in [1.165, 1.54) is 12.1 Å². The molecule has 152 valence electrons. The normalized spacial score (nSPS) is 18.9. The molecule has 6 nitrogen and oxygen atoms in total. The molecule has 1 N–H and O–H groups in total. The minimum atomic E-state index is -0.332. The number of likely N-dealkylation sites (tertiary alicyclic amines) is 1. The van der Waals surface area contributed by atoms with Gasteiger partial charge in [-0.2, -0.15) is 5.10 Å².